The lowest BCUT2D eigenvalue weighted by Gasteiger charge is -2.27. The van der Waals surface area contributed by atoms with E-state index < -0.39 is 0 Å². The molecule has 0 atom stereocenters. The zero-order valence-corrected chi connectivity index (χ0v) is 14.9. The summed E-state index contributed by atoms with van der Waals surface area (Å²) in [6, 6.07) is 7.26. The van der Waals surface area contributed by atoms with E-state index in [2.05, 4.69) is 15.3 Å². The summed E-state index contributed by atoms with van der Waals surface area (Å²) in [5.74, 6) is 1.33. The third kappa shape index (κ3) is 3.90. The number of aromatic nitrogens is 2. The Hall–Kier alpha value is -2.61. The summed E-state index contributed by atoms with van der Waals surface area (Å²) >= 11 is 5.35. The summed E-state index contributed by atoms with van der Waals surface area (Å²) in [6.07, 6.45) is 3.37. The van der Waals surface area contributed by atoms with Crippen LogP contribution < -0.4 is 26.2 Å². The molecular formula is C17H21N5O2S. The number of anilines is 3. The van der Waals surface area contributed by atoms with Crippen LogP contribution in [0.5, 0.6) is 5.75 Å². The standard InChI is InChI=1S/C17H21N5O2S/c1-24-12-7-5-6-11(10-12)19-16(25)13-14(18)20-17(21-15(13)23)22-8-3-2-4-9-22/h5-7,10H,2-4,8-9H2,1H3,(H,19,25)(H3,18,20,21,23). The quantitative estimate of drug-likeness (QED) is 0.720. The number of thiocarbonyl (C=S) groups is 1. The molecule has 1 aromatic carbocycles. The smallest absolute Gasteiger partial charge is 0.264 e. The maximum atomic E-state index is 12.5. The van der Waals surface area contributed by atoms with Crippen LogP contribution in [-0.4, -0.2) is 35.2 Å². The fourth-order valence-electron chi connectivity index (χ4n) is 2.85. The lowest BCUT2D eigenvalue weighted by atomic mass is 10.1. The van der Waals surface area contributed by atoms with Crippen LogP contribution in [0.15, 0.2) is 29.1 Å². The molecule has 0 amide bonds. The first kappa shape index (κ1) is 17.2. The number of ether oxygens (including phenoxy) is 1. The van der Waals surface area contributed by atoms with Gasteiger partial charge in [-0.15, -0.1) is 0 Å². The van der Waals surface area contributed by atoms with Crippen molar-refractivity contribution in [3.8, 4) is 5.75 Å². The van der Waals surface area contributed by atoms with Crippen molar-refractivity contribution in [1.82, 2.24) is 9.97 Å². The molecule has 8 heteroatoms. The summed E-state index contributed by atoms with van der Waals surface area (Å²) < 4.78 is 5.18. The Morgan fingerprint density at radius 3 is 2.80 bits per heavy atom. The van der Waals surface area contributed by atoms with E-state index in [-0.39, 0.29) is 21.9 Å². The SMILES string of the molecule is COc1cccc(NC(=S)c2c(N)nc(N3CCCCC3)[nH]c2=O)c1. The maximum Gasteiger partial charge on any atom is 0.264 e. The summed E-state index contributed by atoms with van der Waals surface area (Å²) in [5.41, 5.74) is 6.58. The number of nitrogens with zero attached hydrogens (tertiary/aromatic N) is 2. The number of hydrogen-bond donors (Lipinski definition) is 3. The van der Waals surface area contributed by atoms with Crippen LogP contribution in [0, 0.1) is 0 Å². The molecule has 25 heavy (non-hydrogen) atoms. The maximum absolute atomic E-state index is 12.5. The third-order valence-electron chi connectivity index (χ3n) is 4.15. The van der Waals surface area contributed by atoms with Crippen molar-refractivity contribution >= 4 is 34.7 Å². The van der Waals surface area contributed by atoms with Gasteiger partial charge in [-0.1, -0.05) is 18.3 Å². The summed E-state index contributed by atoms with van der Waals surface area (Å²) in [4.78, 5) is 21.9. The van der Waals surface area contributed by atoms with Gasteiger partial charge in [0, 0.05) is 24.8 Å². The molecule has 1 aliphatic heterocycles. The van der Waals surface area contributed by atoms with Crippen molar-refractivity contribution in [2.45, 2.75) is 19.3 Å². The van der Waals surface area contributed by atoms with Crippen LogP contribution >= 0.6 is 12.2 Å². The second-order valence-corrected chi connectivity index (χ2v) is 6.29. The number of benzene rings is 1. The van der Waals surface area contributed by atoms with Gasteiger partial charge in [-0.3, -0.25) is 9.78 Å². The van der Waals surface area contributed by atoms with Crippen molar-refractivity contribution < 1.29 is 4.74 Å². The molecule has 0 aliphatic carbocycles. The number of nitrogens with one attached hydrogen (secondary N) is 2. The van der Waals surface area contributed by atoms with Crippen molar-refractivity contribution in [3.05, 3.63) is 40.2 Å². The largest absolute Gasteiger partial charge is 0.497 e. The molecule has 3 rings (SSSR count). The molecule has 1 saturated heterocycles. The van der Waals surface area contributed by atoms with Crippen molar-refractivity contribution in [2.75, 3.05) is 36.1 Å². The highest BCUT2D eigenvalue weighted by atomic mass is 32.1. The molecule has 1 fully saturated rings. The number of aromatic amines is 1. The number of nitrogens with two attached hydrogens (primary N) is 1. The predicted molar refractivity (Wildman–Crippen MR) is 104 cm³/mol. The molecular weight excluding hydrogens is 338 g/mol. The highest BCUT2D eigenvalue weighted by molar-refractivity contribution is 7.81. The van der Waals surface area contributed by atoms with Gasteiger partial charge in [0.2, 0.25) is 5.95 Å². The van der Waals surface area contributed by atoms with Crippen molar-refractivity contribution in [1.29, 1.82) is 0 Å². The minimum absolute atomic E-state index is 0.129. The molecule has 132 valence electrons. The number of H-pyrrole nitrogens is 1. The van der Waals surface area contributed by atoms with Gasteiger partial charge >= 0.3 is 0 Å². The van der Waals surface area contributed by atoms with Crippen LogP contribution in [0.25, 0.3) is 0 Å². The Morgan fingerprint density at radius 2 is 2.12 bits per heavy atom. The number of rotatable bonds is 4. The van der Waals surface area contributed by atoms with Gasteiger partial charge in [-0.25, -0.2) is 0 Å². The van der Waals surface area contributed by atoms with Gasteiger partial charge in [0.05, 0.1) is 7.11 Å². The molecule has 0 radical (unpaired) electrons. The van der Waals surface area contributed by atoms with E-state index in [4.69, 9.17) is 22.7 Å². The van der Waals surface area contributed by atoms with Gasteiger partial charge in [0.15, 0.2) is 0 Å². The Balaban J connectivity index is 1.83. The topological polar surface area (TPSA) is 96.3 Å². The Labute approximate surface area is 151 Å². The van der Waals surface area contributed by atoms with Gasteiger partial charge in [0.1, 0.15) is 22.1 Å². The zero-order valence-electron chi connectivity index (χ0n) is 14.0. The molecule has 1 aromatic heterocycles. The Kier molecular flexibility index (Phi) is 5.18. The Bertz CT molecular complexity index is 830. The van der Waals surface area contributed by atoms with E-state index in [1.165, 1.54) is 6.42 Å². The van der Waals surface area contributed by atoms with Crippen LogP contribution in [0.3, 0.4) is 0 Å². The molecule has 1 aliphatic rings. The van der Waals surface area contributed by atoms with Gasteiger partial charge < -0.3 is 20.7 Å². The summed E-state index contributed by atoms with van der Waals surface area (Å²) in [5, 5.41) is 3.01. The fraction of sp³-hybridized carbons (Fsp3) is 0.353. The first-order valence-corrected chi connectivity index (χ1v) is 8.59. The summed E-state index contributed by atoms with van der Waals surface area (Å²) in [6.45, 7) is 1.74. The van der Waals surface area contributed by atoms with Gasteiger partial charge in [-0.05, 0) is 31.4 Å². The predicted octanol–water partition coefficient (Wildman–Crippen LogP) is 2.14. The molecule has 4 N–H and O–H groups in total. The van der Waals surface area contributed by atoms with E-state index in [0.29, 0.717) is 17.4 Å². The van der Waals surface area contributed by atoms with E-state index in [0.717, 1.165) is 25.9 Å². The van der Waals surface area contributed by atoms with Gasteiger partial charge in [-0.2, -0.15) is 4.98 Å². The lowest BCUT2D eigenvalue weighted by molar-refractivity contribution is 0.415. The average molecular weight is 359 g/mol. The average Bonchev–Trinajstić information content (AvgIpc) is 2.62. The number of hydrogen-bond acceptors (Lipinski definition) is 6. The number of methoxy groups -OCH3 is 1. The van der Waals surface area contributed by atoms with E-state index in [1.54, 1.807) is 13.2 Å². The lowest BCUT2D eigenvalue weighted by Crippen LogP contribution is -2.34. The second kappa shape index (κ2) is 7.52. The van der Waals surface area contributed by atoms with Crippen LogP contribution in [0.4, 0.5) is 17.5 Å². The minimum Gasteiger partial charge on any atom is -0.497 e. The van der Waals surface area contributed by atoms with E-state index in [1.807, 2.05) is 23.1 Å². The minimum atomic E-state index is -0.339. The van der Waals surface area contributed by atoms with Gasteiger partial charge in [0.25, 0.3) is 5.56 Å². The molecule has 0 bridgehead atoms. The van der Waals surface area contributed by atoms with E-state index >= 15 is 0 Å². The number of nitrogen functional groups attached to an aromatic ring is 1. The monoisotopic (exact) mass is 359 g/mol. The highest BCUT2D eigenvalue weighted by Crippen LogP contribution is 2.19. The van der Waals surface area contributed by atoms with E-state index in [9.17, 15) is 4.79 Å². The van der Waals surface area contributed by atoms with Crippen LogP contribution in [-0.2, 0) is 0 Å². The normalized spacial score (nSPS) is 14.2. The second-order valence-electron chi connectivity index (χ2n) is 5.88. The van der Waals surface area contributed by atoms with Crippen LogP contribution in [0.2, 0.25) is 0 Å². The molecule has 0 spiro atoms. The molecule has 0 unspecified atom stereocenters. The fourth-order valence-corrected chi connectivity index (χ4v) is 3.16. The molecule has 2 aromatic rings. The Morgan fingerprint density at radius 1 is 1.36 bits per heavy atom. The molecule has 2 heterocycles. The first-order valence-electron chi connectivity index (χ1n) is 8.18. The molecule has 0 saturated carbocycles. The van der Waals surface area contributed by atoms with Crippen LogP contribution in [0.1, 0.15) is 24.8 Å². The number of piperidine rings is 1. The third-order valence-corrected chi connectivity index (χ3v) is 4.45. The van der Waals surface area contributed by atoms with Crippen molar-refractivity contribution in [3.63, 3.8) is 0 Å². The summed E-state index contributed by atoms with van der Waals surface area (Å²) in [7, 11) is 1.59. The zero-order chi connectivity index (χ0) is 17.8. The first-order chi connectivity index (χ1) is 12.1. The highest BCUT2D eigenvalue weighted by Gasteiger charge is 2.18. The van der Waals surface area contributed by atoms with Crippen molar-refractivity contribution in [2.24, 2.45) is 0 Å². The molecule has 7 nitrogen and oxygen atoms in total.